The van der Waals surface area contributed by atoms with Crippen LogP contribution in [0, 0.1) is 0 Å². The molecular formula is C22H24O5. The van der Waals surface area contributed by atoms with Gasteiger partial charge in [0.25, 0.3) is 0 Å². The molecule has 1 fully saturated rings. The van der Waals surface area contributed by atoms with Crippen LogP contribution in [0.5, 0.6) is 5.75 Å². The van der Waals surface area contributed by atoms with Crippen molar-refractivity contribution in [1.82, 2.24) is 0 Å². The molecule has 1 saturated carbocycles. The van der Waals surface area contributed by atoms with Gasteiger partial charge in [-0.2, -0.15) is 0 Å². The van der Waals surface area contributed by atoms with Crippen LogP contribution in [-0.2, 0) is 14.9 Å². The van der Waals surface area contributed by atoms with Gasteiger partial charge in [0.2, 0.25) is 0 Å². The van der Waals surface area contributed by atoms with Crippen molar-refractivity contribution in [1.29, 1.82) is 0 Å². The highest BCUT2D eigenvalue weighted by Crippen LogP contribution is 2.46. The van der Waals surface area contributed by atoms with E-state index in [-0.39, 0.29) is 11.9 Å². The third-order valence-electron chi connectivity index (χ3n) is 5.61. The zero-order chi connectivity index (χ0) is 19.4. The molecule has 2 aromatic rings. The second-order valence-electron chi connectivity index (χ2n) is 7.02. The molecule has 27 heavy (non-hydrogen) atoms. The number of carboxylic acid groups (broad SMARTS) is 1. The molecule has 2 atom stereocenters. The lowest BCUT2D eigenvalue weighted by atomic mass is 9.64. The van der Waals surface area contributed by atoms with E-state index in [9.17, 15) is 14.7 Å². The average molecular weight is 368 g/mol. The molecule has 0 heterocycles. The van der Waals surface area contributed by atoms with Crippen LogP contribution in [0.4, 0.5) is 0 Å². The van der Waals surface area contributed by atoms with Gasteiger partial charge in [-0.15, -0.1) is 0 Å². The van der Waals surface area contributed by atoms with Crippen molar-refractivity contribution in [3.8, 4) is 5.75 Å². The number of esters is 1. The molecule has 1 aliphatic rings. The minimum absolute atomic E-state index is 0.128. The standard InChI is InChI=1S/C22H24O5/c1-26-19-11-9-18(10-12-19)22(21(24)25)13-3-4-17(14-22)15-5-7-16(8-6-15)20(23)27-2/h5-12,17H,3-4,13-14H2,1-2H3,(H,24,25). The van der Waals surface area contributed by atoms with E-state index in [1.807, 2.05) is 36.4 Å². The lowest BCUT2D eigenvalue weighted by Gasteiger charge is -2.38. The van der Waals surface area contributed by atoms with Crippen LogP contribution < -0.4 is 4.74 Å². The van der Waals surface area contributed by atoms with Crippen molar-refractivity contribution in [2.75, 3.05) is 14.2 Å². The number of hydrogen-bond donors (Lipinski definition) is 1. The molecule has 1 N–H and O–H groups in total. The van der Waals surface area contributed by atoms with E-state index in [1.54, 1.807) is 19.2 Å². The summed E-state index contributed by atoms with van der Waals surface area (Å²) in [6.07, 6.45) is 2.92. The van der Waals surface area contributed by atoms with Crippen LogP contribution >= 0.6 is 0 Å². The summed E-state index contributed by atoms with van der Waals surface area (Å²) in [6, 6.07) is 14.6. The Morgan fingerprint density at radius 3 is 2.26 bits per heavy atom. The number of carboxylic acids is 1. The molecule has 5 heteroatoms. The number of methoxy groups -OCH3 is 2. The molecule has 2 aromatic carbocycles. The maximum absolute atomic E-state index is 12.3. The summed E-state index contributed by atoms with van der Waals surface area (Å²) in [6.45, 7) is 0. The first-order valence-electron chi connectivity index (χ1n) is 9.06. The molecular weight excluding hydrogens is 344 g/mol. The van der Waals surface area contributed by atoms with Gasteiger partial charge in [0.15, 0.2) is 0 Å². The third kappa shape index (κ3) is 3.68. The van der Waals surface area contributed by atoms with Crippen LogP contribution in [0.1, 0.15) is 53.1 Å². The Morgan fingerprint density at radius 2 is 1.70 bits per heavy atom. The number of aliphatic carboxylic acids is 1. The van der Waals surface area contributed by atoms with Crippen molar-refractivity contribution < 1.29 is 24.2 Å². The molecule has 2 unspecified atom stereocenters. The van der Waals surface area contributed by atoms with E-state index in [2.05, 4.69) is 0 Å². The van der Waals surface area contributed by atoms with E-state index in [1.165, 1.54) is 7.11 Å². The highest BCUT2D eigenvalue weighted by molar-refractivity contribution is 5.89. The van der Waals surface area contributed by atoms with Crippen LogP contribution in [0.25, 0.3) is 0 Å². The quantitative estimate of drug-likeness (QED) is 0.802. The van der Waals surface area contributed by atoms with Crippen LogP contribution in [0.2, 0.25) is 0 Å². The summed E-state index contributed by atoms with van der Waals surface area (Å²) in [5.41, 5.74) is 1.46. The monoisotopic (exact) mass is 368 g/mol. The molecule has 0 aliphatic heterocycles. The van der Waals surface area contributed by atoms with Gasteiger partial charge in [-0.25, -0.2) is 4.79 Å². The molecule has 0 amide bonds. The predicted molar refractivity (Wildman–Crippen MR) is 101 cm³/mol. The highest BCUT2D eigenvalue weighted by atomic mass is 16.5. The molecule has 0 bridgehead atoms. The smallest absolute Gasteiger partial charge is 0.337 e. The second-order valence-corrected chi connectivity index (χ2v) is 7.02. The molecule has 0 spiro atoms. The minimum Gasteiger partial charge on any atom is -0.497 e. The first-order valence-corrected chi connectivity index (χ1v) is 9.06. The Bertz CT molecular complexity index is 810. The van der Waals surface area contributed by atoms with E-state index < -0.39 is 11.4 Å². The molecule has 0 aromatic heterocycles. The summed E-state index contributed by atoms with van der Waals surface area (Å²) in [5.74, 6) is -0.319. The zero-order valence-electron chi connectivity index (χ0n) is 15.6. The minimum atomic E-state index is -0.907. The fourth-order valence-corrected chi connectivity index (χ4v) is 4.06. The van der Waals surface area contributed by atoms with Gasteiger partial charge in [0.1, 0.15) is 5.75 Å². The summed E-state index contributed by atoms with van der Waals surface area (Å²) >= 11 is 0. The topological polar surface area (TPSA) is 72.8 Å². The Hall–Kier alpha value is -2.82. The van der Waals surface area contributed by atoms with Crippen molar-refractivity contribution in [3.63, 3.8) is 0 Å². The summed E-state index contributed by atoms with van der Waals surface area (Å²) in [5, 5.41) is 10.1. The highest BCUT2D eigenvalue weighted by Gasteiger charge is 2.44. The number of carbonyl (C=O) groups excluding carboxylic acids is 1. The van der Waals surface area contributed by atoms with Crippen LogP contribution in [-0.4, -0.2) is 31.3 Å². The average Bonchev–Trinajstić information content (AvgIpc) is 2.73. The lowest BCUT2D eigenvalue weighted by molar-refractivity contribution is -0.145. The van der Waals surface area contributed by atoms with E-state index >= 15 is 0 Å². The van der Waals surface area contributed by atoms with E-state index in [4.69, 9.17) is 9.47 Å². The second kappa shape index (κ2) is 7.82. The van der Waals surface area contributed by atoms with E-state index in [0.29, 0.717) is 24.2 Å². The Morgan fingerprint density at radius 1 is 1.04 bits per heavy atom. The zero-order valence-corrected chi connectivity index (χ0v) is 15.6. The first-order chi connectivity index (χ1) is 13.0. The fourth-order valence-electron chi connectivity index (χ4n) is 4.06. The number of hydrogen-bond acceptors (Lipinski definition) is 4. The molecule has 142 valence electrons. The lowest BCUT2D eigenvalue weighted by Crippen LogP contribution is -2.40. The molecule has 3 rings (SSSR count). The summed E-state index contributed by atoms with van der Waals surface area (Å²) in [4.78, 5) is 23.9. The molecule has 0 saturated heterocycles. The fraction of sp³-hybridized carbons (Fsp3) is 0.364. The largest absolute Gasteiger partial charge is 0.497 e. The number of carbonyl (C=O) groups is 2. The van der Waals surface area contributed by atoms with Gasteiger partial charge in [0, 0.05) is 0 Å². The Balaban J connectivity index is 1.89. The van der Waals surface area contributed by atoms with Gasteiger partial charge in [-0.3, -0.25) is 4.79 Å². The predicted octanol–water partition coefficient (Wildman–Crippen LogP) is 4.16. The van der Waals surface area contributed by atoms with Gasteiger partial charge >= 0.3 is 11.9 Å². The molecule has 0 radical (unpaired) electrons. The van der Waals surface area contributed by atoms with Gasteiger partial charge in [0.05, 0.1) is 25.2 Å². The normalized spacial score (nSPS) is 22.1. The van der Waals surface area contributed by atoms with Gasteiger partial charge in [-0.1, -0.05) is 30.7 Å². The Labute approximate surface area is 158 Å². The number of ether oxygens (including phenoxy) is 2. The summed E-state index contributed by atoms with van der Waals surface area (Å²) in [7, 11) is 2.95. The Kier molecular flexibility index (Phi) is 5.49. The van der Waals surface area contributed by atoms with Crippen LogP contribution in [0.15, 0.2) is 48.5 Å². The number of rotatable bonds is 5. The number of benzene rings is 2. The maximum atomic E-state index is 12.3. The molecule has 1 aliphatic carbocycles. The van der Waals surface area contributed by atoms with Crippen molar-refractivity contribution in [3.05, 3.63) is 65.2 Å². The maximum Gasteiger partial charge on any atom is 0.337 e. The summed E-state index contributed by atoms with van der Waals surface area (Å²) < 4.78 is 9.93. The van der Waals surface area contributed by atoms with Crippen LogP contribution in [0.3, 0.4) is 0 Å². The molecule has 5 nitrogen and oxygen atoms in total. The van der Waals surface area contributed by atoms with Crippen molar-refractivity contribution in [2.24, 2.45) is 0 Å². The van der Waals surface area contributed by atoms with Crippen molar-refractivity contribution in [2.45, 2.75) is 37.0 Å². The van der Waals surface area contributed by atoms with E-state index in [0.717, 1.165) is 24.0 Å². The third-order valence-corrected chi connectivity index (χ3v) is 5.61. The van der Waals surface area contributed by atoms with Gasteiger partial charge < -0.3 is 14.6 Å². The van der Waals surface area contributed by atoms with Crippen molar-refractivity contribution >= 4 is 11.9 Å². The van der Waals surface area contributed by atoms with Gasteiger partial charge in [-0.05, 0) is 60.6 Å². The first kappa shape index (κ1) is 19.0. The SMILES string of the molecule is COC(=O)c1ccc(C2CCCC(C(=O)O)(c3ccc(OC)cc3)C2)cc1.